The van der Waals surface area contributed by atoms with Crippen molar-refractivity contribution in [3.8, 4) is 0 Å². The van der Waals surface area contributed by atoms with Gasteiger partial charge in [-0.15, -0.1) is 0 Å². The maximum Gasteiger partial charge on any atom is 0.259 e. The lowest BCUT2D eigenvalue weighted by atomic mass is 9.97. The standard InChI is InChI=1S/C26H28N6O2/c1-17(2)24-29-22(34-30-24)16-31-14-13-20-21(15-31)28-26(27)32(25(20)33)23(18-9-5-3-6-10-18)19-11-7-4-8-12-19/h3-12,17,23H,13-16H2,1-2H3,(H2,27,28). The van der Waals surface area contributed by atoms with Crippen molar-refractivity contribution in [2.45, 2.75) is 45.3 Å². The van der Waals surface area contributed by atoms with E-state index < -0.39 is 0 Å². The van der Waals surface area contributed by atoms with E-state index in [1.807, 2.05) is 74.5 Å². The summed E-state index contributed by atoms with van der Waals surface area (Å²) in [6.07, 6.45) is 0.586. The van der Waals surface area contributed by atoms with E-state index in [1.54, 1.807) is 4.57 Å². The minimum Gasteiger partial charge on any atom is -0.369 e. The fraction of sp³-hybridized carbons (Fsp3) is 0.308. The van der Waals surface area contributed by atoms with Gasteiger partial charge in [-0.2, -0.15) is 4.98 Å². The molecule has 0 atom stereocenters. The van der Waals surface area contributed by atoms with Gasteiger partial charge in [0.1, 0.15) is 0 Å². The van der Waals surface area contributed by atoms with Crippen molar-refractivity contribution < 1.29 is 4.52 Å². The second-order valence-electron chi connectivity index (χ2n) is 8.96. The van der Waals surface area contributed by atoms with Crippen LogP contribution in [0.2, 0.25) is 0 Å². The SMILES string of the molecule is CC(C)c1noc(CN2CCc3c(nc(N)n(C(c4ccccc4)c4ccccc4)c3=O)C2)n1. The number of nitrogens with zero attached hydrogens (tertiary/aromatic N) is 5. The number of hydrogen-bond donors (Lipinski definition) is 1. The first-order valence-electron chi connectivity index (χ1n) is 11.6. The summed E-state index contributed by atoms with van der Waals surface area (Å²) in [6.45, 7) is 5.79. The van der Waals surface area contributed by atoms with Crippen LogP contribution in [0.15, 0.2) is 70.0 Å². The summed E-state index contributed by atoms with van der Waals surface area (Å²) in [5, 5.41) is 4.04. The Labute approximate surface area is 198 Å². The molecule has 4 aromatic rings. The molecule has 0 aliphatic carbocycles. The normalized spacial score (nSPS) is 14.0. The van der Waals surface area contributed by atoms with Gasteiger partial charge in [-0.3, -0.25) is 14.3 Å². The molecule has 1 aliphatic rings. The van der Waals surface area contributed by atoms with Crippen LogP contribution in [0.5, 0.6) is 0 Å². The smallest absolute Gasteiger partial charge is 0.259 e. The van der Waals surface area contributed by atoms with E-state index in [2.05, 4.69) is 15.0 Å². The molecule has 8 heteroatoms. The molecule has 2 aromatic carbocycles. The lowest BCUT2D eigenvalue weighted by Gasteiger charge is -2.29. The molecule has 0 spiro atoms. The lowest BCUT2D eigenvalue weighted by molar-refractivity contribution is 0.206. The van der Waals surface area contributed by atoms with E-state index in [0.29, 0.717) is 43.5 Å². The highest BCUT2D eigenvalue weighted by Crippen LogP contribution is 2.28. The Kier molecular flexibility index (Phi) is 5.98. The van der Waals surface area contributed by atoms with Gasteiger partial charge in [0, 0.05) is 24.6 Å². The van der Waals surface area contributed by atoms with Crippen molar-refractivity contribution in [2.75, 3.05) is 12.3 Å². The van der Waals surface area contributed by atoms with Crippen LogP contribution >= 0.6 is 0 Å². The molecule has 0 saturated heterocycles. The zero-order valence-electron chi connectivity index (χ0n) is 19.4. The molecule has 2 N–H and O–H groups in total. The number of benzene rings is 2. The van der Waals surface area contributed by atoms with Crippen molar-refractivity contribution >= 4 is 5.95 Å². The minimum atomic E-state index is -0.349. The summed E-state index contributed by atoms with van der Waals surface area (Å²) < 4.78 is 7.03. The van der Waals surface area contributed by atoms with E-state index in [-0.39, 0.29) is 23.5 Å². The van der Waals surface area contributed by atoms with Crippen LogP contribution in [0.1, 0.15) is 59.9 Å². The minimum absolute atomic E-state index is 0.0836. The second-order valence-corrected chi connectivity index (χ2v) is 8.96. The van der Waals surface area contributed by atoms with E-state index in [1.165, 1.54) is 0 Å². The van der Waals surface area contributed by atoms with Crippen molar-refractivity contribution in [2.24, 2.45) is 0 Å². The van der Waals surface area contributed by atoms with Crippen molar-refractivity contribution in [3.05, 3.63) is 105 Å². The predicted octanol–water partition coefficient (Wildman–Crippen LogP) is 3.53. The number of fused-ring (bicyclic) bond motifs is 1. The average Bonchev–Trinajstić information content (AvgIpc) is 3.31. The van der Waals surface area contributed by atoms with Crippen molar-refractivity contribution in [1.82, 2.24) is 24.6 Å². The molecule has 3 heterocycles. The van der Waals surface area contributed by atoms with Crippen LogP contribution in [0.4, 0.5) is 5.95 Å². The molecular formula is C26H28N6O2. The summed E-state index contributed by atoms with van der Waals surface area (Å²) >= 11 is 0. The summed E-state index contributed by atoms with van der Waals surface area (Å²) in [4.78, 5) is 25.1. The number of nitrogens with two attached hydrogens (primary N) is 1. The van der Waals surface area contributed by atoms with Gasteiger partial charge in [0.05, 0.1) is 18.3 Å². The Morgan fingerprint density at radius 1 is 1.00 bits per heavy atom. The zero-order valence-corrected chi connectivity index (χ0v) is 19.4. The Morgan fingerprint density at radius 2 is 1.65 bits per heavy atom. The Hall–Kier alpha value is -3.78. The molecule has 8 nitrogen and oxygen atoms in total. The average molecular weight is 457 g/mol. The van der Waals surface area contributed by atoms with Crippen LogP contribution in [0.3, 0.4) is 0 Å². The number of nitrogen functional groups attached to an aromatic ring is 1. The Bertz CT molecular complexity index is 1290. The van der Waals surface area contributed by atoms with Crippen LogP contribution in [-0.2, 0) is 19.5 Å². The predicted molar refractivity (Wildman–Crippen MR) is 129 cm³/mol. The largest absolute Gasteiger partial charge is 0.369 e. The second kappa shape index (κ2) is 9.23. The number of aromatic nitrogens is 4. The molecule has 2 aromatic heterocycles. The number of anilines is 1. The van der Waals surface area contributed by atoms with E-state index in [9.17, 15) is 4.79 Å². The third-order valence-corrected chi connectivity index (χ3v) is 6.22. The number of hydrogen-bond acceptors (Lipinski definition) is 7. The number of rotatable bonds is 6. The maximum absolute atomic E-state index is 13.7. The monoisotopic (exact) mass is 456 g/mol. The highest BCUT2D eigenvalue weighted by atomic mass is 16.5. The van der Waals surface area contributed by atoms with Crippen LogP contribution in [-0.4, -0.2) is 31.1 Å². The molecule has 0 bridgehead atoms. The zero-order chi connectivity index (χ0) is 23.7. The summed E-state index contributed by atoms with van der Waals surface area (Å²) in [6, 6.07) is 19.5. The molecule has 1 aliphatic heterocycles. The van der Waals surface area contributed by atoms with Gasteiger partial charge in [-0.1, -0.05) is 79.7 Å². The first-order chi connectivity index (χ1) is 16.5. The molecule has 5 rings (SSSR count). The van der Waals surface area contributed by atoms with Crippen molar-refractivity contribution in [3.63, 3.8) is 0 Å². The first-order valence-corrected chi connectivity index (χ1v) is 11.6. The molecular weight excluding hydrogens is 428 g/mol. The van der Waals surface area contributed by atoms with Crippen LogP contribution in [0, 0.1) is 0 Å². The third kappa shape index (κ3) is 4.24. The van der Waals surface area contributed by atoms with E-state index in [0.717, 1.165) is 16.7 Å². The van der Waals surface area contributed by atoms with Gasteiger partial charge in [-0.05, 0) is 17.5 Å². The first kappa shape index (κ1) is 22.0. The molecule has 0 saturated carbocycles. The third-order valence-electron chi connectivity index (χ3n) is 6.22. The molecule has 0 fully saturated rings. The van der Waals surface area contributed by atoms with E-state index in [4.69, 9.17) is 15.2 Å². The highest BCUT2D eigenvalue weighted by molar-refractivity contribution is 5.38. The van der Waals surface area contributed by atoms with Gasteiger partial charge in [0.15, 0.2) is 5.82 Å². The van der Waals surface area contributed by atoms with Gasteiger partial charge in [0.25, 0.3) is 5.56 Å². The quantitative estimate of drug-likeness (QED) is 0.473. The fourth-order valence-electron chi connectivity index (χ4n) is 4.48. The highest BCUT2D eigenvalue weighted by Gasteiger charge is 2.28. The van der Waals surface area contributed by atoms with Crippen molar-refractivity contribution in [1.29, 1.82) is 0 Å². The molecule has 174 valence electrons. The van der Waals surface area contributed by atoms with Gasteiger partial charge in [0.2, 0.25) is 11.8 Å². The lowest BCUT2D eigenvalue weighted by Crippen LogP contribution is -2.39. The van der Waals surface area contributed by atoms with Crippen LogP contribution < -0.4 is 11.3 Å². The van der Waals surface area contributed by atoms with Crippen LogP contribution in [0.25, 0.3) is 0 Å². The maximum atomic E-state index is 13.7. The molecule has 0 amide bonds. The van der Waals surface area contributed by atoms with E-state index >= 15 is 0 Å². The Morgan fingerprint density at radius 3 is 2.24 bits per heavy atom. The Balaban J connectivity index is 1.49. The van der Waals surface area contributed by atoms with Gasteiger partial charge in [-0.25, -0.2) is 4.98 Å². The summed E-state index contributed by atoms with van der Waals surface area (Å²) in [5.74, 6) is 1.69. The van der Waals surface area contributed by atoms with Gasteiger partial charge >= 0.3 is 0 Å². The van der Waals surface area contributed by atoms with Gasteiger partial charge < -0.3 is 10.3 Å². The topological polar surface area (TPSA) is 103 Å². The summed E-state index contributed by atoms with van der Waals surface area (Å²) in [5.41, 5.74) is 9.77. The fourth-order valence-corrected chi connectivity index (χ4v) is 4.48. The molecule has 34 heavy (non-hydrogen) atoms. The summed E-state index contributed by atoms with van der Waals surface area (Å²) in [7, 11) is 0. The molecule has 0 unspecified atom stereocenters. The molecule has 0 radical (unpaired) electrons.